The smallest absolute Gasteiger partial charge is 0.250 e. The van der Waals surface area contributed by atoms with Crippen LogP contribution in [0.3, 0.4) is 0 Å². The quantitative estimate of drug-likeness (QED) is 0.669. The lowest BCUT2D eigenvalue weighted by molar-refractivity contribution is 0.186. The maximum atomic E-state index is 11.7. The van der Waals surface area contributed by atoms with Gasteiger partial charge in [-0.3, -0.25) is 4.79 Å². The molecule has 0 aliphatic heterocycles. The number of hydrogen-bond acceptors (Lipinski definition) is 3. The van der Waals surface area contributed by atoms with Gasteiger partial charge in [0.1, 0.15) is 0 Å². The van der Waals surface area contributed by atoms with Crippen LogP contribution >= 0.6 is 0 Å². The number of anilines is 1. The van der Waals surface area contributed by atoms with Crippen molar-refractivity contribution in [1.82, 2.24) is 4.57 Å². The zero-order chi connectivity index (χ0) is 14.8. The van der Waals surface area contributed by atoms with E-state index < -0.39 is 0 Å². The van der Waals surface area contributed by atoms with Gasteiger partial charge in [0.25, 0.3) is 5.56 Å². The Hall–Kier alpha value is -1.29. The predicted molar refractivity (Wildman–Crippen MR) is 84.4 cm³/mol. The van der Waals surface area contributed by atoms with Crippen molar-refractivity contribution in [3.8, 4) is 0 Å². The molecular formula is C16H28N2O2. The number of hydrogen-bond donors (Lipinski definition) is 1. The Morgan fingerprint density at radius 1 is 1.30 bits per heavy atom. The molecule has 0 fully saturated rings. The fourth-order valence-electron chi connectivity index (χ4n) is 2.22. The Morgan fingerprint density at radius 2 is 2.10 bits per heavy atom. The van der Waals surface area contributed by atoms with E-state index in [-0.39, 0.29) is 5.56 Å². The second-order valence-electron chi connectivity index (χ2n) is 5.34. The van der Waals surface area contributed by atoms with Gasteiger partial charge in [0.05, 0.1) is 12.3 Å². The van der Waals surface area contributed by atoms with E-state index >= 15 is 0 Å². The third-order valence-electron chi connectivity index (χ3n) is 3.42. The van der Waals surface area contributed by atoms with Gasteiger partial charge in [-0.05, 0) is 19.4 Å². The van der Waals surface area contributed by atoms with Crippen LogP contribution in [0, 0.1) is 0 Å². The van der Waals surface area contributed by atoms with Crippen molar-refractivity contribution >= 4 is 5.69 Å². The molecule has 0 aromatic carbocycles. The summed E-state index contributed by atoms with van der Waals surface area (Å²) in [6.07, 6.45) is 8.18. The van der Waals surface area contributed by atoms with E-state index in [4.69, 9.17) is 4.74 Å². The standard InChI is InChI=1S/C16H28N2O2/c1-4-5-6-7-8-14(2)17-15-9-10-16(19)18(13-15)11-12-20-3/h9-10,13-14,17H,4-8,11-12H2,1-3H3. The van der Waals surface area contributed by atoms with Crippen LogP contribution in [0.15, 0.2) is 23.1 Å². The Bertz CT molecular complexity index is 429. The number of unbranched alkanes of at least 4 members (excludes halogenated alkanes) is 3. The van der Waals surface area contributed by atoms with E-state index in [1.165, 1.54) is 25.7 Å². The van der Waals surface area contributed by atoms with Crippen molar-refractivity contribution in [2.75, 3.05) is 19.0 Å². The highest BCUT2D eigenvalue weighted by Crippen LogP contribution is 2.11. The number of methoxy groups -OCH3 is 1. The lowest BCUT2D eigenvalue weighted by atomic mass is 10.1. The molecule has 1 aromatic heterocycles. The summed E-state index contributed by atoms with van der Waals surface area (Å²) in [4.78, 5) is 11.7. The molecule has 1 N–H and O–H groups in total. The normalized spacial score (nSPS) is 12.3. The summed E-state index contributed by atoms with van der Waals surface area (Å²) in [6.45, 7) is 5.56. The van der Waals surface area contributed by atoms with Crippen LogP contribution in [-0.2, 0) is 11.3 Å². The minimum Gasteiger partial charge on any atom is -0.383 e. The summed E-state index contributed by atoms with van der Waals surface area (Å²) in [7, 11) is 1.64. The van der Waals surface area contributed by atoms with Crippen molar-refractivity contribution in [3.05, 3.63) is 28.7 Å². The first-order valence-corrected chi connectivity index (χ1v) is 7.63. The topological polar surface area (TPSA) is 43.3 Å². The molecule has 0 spiro atoms. The highest BCUT2D eigenvalue weighted by molar-refractivity contribution is 5.41. The van der Waals surface area contributed by atoms with E-state index in [2.05, 4.69) is 19.2 Å². The molecule has 1 unspecified atom stereocenters. The molecule has 0 radical (unpaired) electrons. The number of ether oxygens (including phenoxy) is 1. The monoisotopic (exact) mass is 280 g/mol. The van der Waals surface area contributed by atoms with Gasteiger partial charge in [0.15, 0.2) is 0 Å². The third-order valence-corrected chi connectivity index (χ3v) is 3.42. The Kier molecular flexibility index (Phi) is 8.04. The first-order chi connectivity index (χ1) is 9.67. The van der Waals surface area contributed by atoms with E-state index in [0.717, 1.165) is 12.1 Å². The average Bonchev–Trinajstić information content (AvgIpc) is 2.44. The van der Waals surface area contributed by atoms with Crippen molar-refractivity contribution in [1.29, 1.82) is 0 Å². The van der Waals surface area contributed by atoms with E-state index in [1.54, 1.807) is 17.7 Å². The molecule has 4 heteroatoms. The van der Waals surface area contributed by atoms with Crippen molar-refractivity contribution in [2.45, 2.75) is 58.5 Å². The number of aromatic nitrogens is 1. The van der Waals surface area contributed by atoms with Crippen molar-refractivity contribution in [2.24, 2.45) is 0 Å². The zero-order valence-corrected chi connectivity index (χ0v) is 13.0. The lowest BCUT2D eigenvalue weighted by Crippen LogP contribution is -2.23. The van der Waals surface area contributed by atoms with Crippen molar-refractivity contribution < 1.29 is 4.74 Å². The second kappa shape index (κ2) is 9.59. The SMILES string of the molecule is CCCCCCC(C)Nc1ccc(=O)n(CCOC)c1. The summed E-state index contributed by atoms with van der Waals surface area (Å²) in [5.74, 6) is 0. The van der Waals surface area contributed by atoms with Crippen LogP contribution in [0.5, 0.6) is 0 Å². The maximum Gasteiger partial charge on any atom is 0.250 e. The predicted octanol–water partition coefficient (Wildman–Crippen LogP) is 3.27. The van der Waals surface area contributed by atoms with Crippen molar-refractivity contribution in [3.63, 3.8) is 0 Å². The molecular weight excluding hydrogens is 252 g/mol. The zero-order valence-electron chi connectivity index (χ0n) is 13.0. The summed E-state index contributed by atoms with van der Waals surface area (Å²) in [5.41, 5.74) is 1.02. The van der Waals surface area contributed by atoms with Crippen LogP contribution in [0.2, 0.25) is 0 Å². The molecule has 0 saturated carbocycles. The van der Waals surface area contributed by atoms with Crippen LogP contribution in [0.1, 0.15) is 46.0 Å². The molecule has 1 rings (SSSR count). The molecule has 1 heterocycles. The van der Waals surface area contributed by atoms with Gasteiger partial charge in [-0.25, -0.2) is 0 Å². The summed E-state index contributed by atoms with van der Waals surface area (Å²) in [5, 5.41) is 3.46. The number of nitrogens with one attached hydrogen (secondary N) is 1. The van der Waals surface area contributed by atoms with Crippen LogP contribution < -0.4 is 10.9 Å². The first-order valence-electron chi connectivity index (χ1n) is 7.63. The molecule has 0 saturated heterocycles. The second-order valence-corrected chi connectivity index (χ2v) is 5.34. The summed E-state index contributed by atoms with van der Waals surface area (Å²) >= 11 is 0. The maximum absolute atomic E-state index is 11.7. The molecule has 1 aromatic rings. The largest absolute Gasteiger partial charge is 0.383 e. The molecule has 0 aliphatic carbocycles. The molecule has 20 heavy (non-hydrogen) atoms. The molecule has 1 atom stereocenters. The number of rotatable bonds is 10. The fourth-order valence-corrected chi connectivity index (χ4v) is 2.22. The van der Waals surface area contributed by atoms with Gasteiger partial charge in [-0.15, -0.1) is 0 Å². The summed E-state index contributed by atoms with van der Waals surface area (Å²) in [6, 6.07) is 3.90. The molecule has 0 bridgehead atoms. The minimum absolute atomic E-state index is 0.0169. The van der Waals surface area contributed by atoms with Gasteiger partial charge < -0.3 is 14.6 Å². The van der Waals surface area contributed by atoms with Gasteiger partial charge in [0.2, 0.25) is 0 Å². The van der Waals surface area contributed by atoms with E-state index in [1.807, 2.05) is 12.3 Å². The number of nitrogens with zero attached hydrogens (tertiary/aromatic N) is 1. The average molecular weight is 280 g/mol. The first kappa shape index (κ1) is 16.8. The Labute approximate surface area is 122 Å². The Balaban J connectivity index is 2.48. The van der Waals surface area contributed by atoms with Gasteiger partial charge in [-0.1, -0.05) is 32.6 Å². The van der Waals surface area contributed by atoms with Gasteiger partial charge in [0, 0.05) is 32.0 Å². The number of pyridine rings is 1. The van der Waals surface area contributed by atoms with Gasteiger partial charge >= 0.3 is 0 Å². The fraction of sp³-hybridized carbons (Fsp3) is 0.688. The van der Waals surface area contributed by atoms with Crippen LogP contribution in [0.4, 0.5) is 5.69 Å². The minimum atomic E-state index is 0.0169. The lowest BCUT2D eigenvalue weighted by Gasteiger charge is -2.16. The highest BCUT2D eigenvalue weighted by Gasteiger charge is 2.04. The molecule has 0 amide bonds. The highest BCUT2D eigenvalue weighted by atomic mass is 16.5. The molecule has 4 nitrogen and oxygen atoms in total. The Morgan fingerprint density at radius 3 is 2.80 bits per heavy atom. The van der Waals surface area contributed by atoms with Gasteiger partial charge in [-0.2, -0.15) is 0 Å². The summed E-state index contributed by atoms with van der Waals surface area (Å²) < 4.78 is 6.71. The van der Waals surface area contributed by atoms with Crippen LogP contribution in [-0.4, -0.2) is 24.3 Å². The molecule has 114 valence electrons. The third kappa shape index (κ3) is 6.24. The molecule has 0 aliphatic rings. The van der Waals surface area contributed by atoms with E-state index in [9.17, 15) is 4.79 Å². The van der Waals surface area contributed by atoms with Crippen LogP contribution in [0.25, 0.3) is 0 Å². The van der Waals surface area contributed by atoms with E-state index in [0.29, 0.717) is 19.2 Å².